The van der Waals surface area contributed by atoms with Crippen LogP contribution in [0.5, 0.6) is 0 Å². The van der Waals surface area contributed by atoms with Gasteiger partial charge in [-0.05, 0) is 47.0 Å². The van der Waals surface area contributed by atoms with Crippen molar-refractivity contribution in [3.8, 4) is 0 Å². The van der Waals surface area contributed by atoms with Crippen LogP contribution in [0.3, 0.4) is 0 Å². The van der Waals surface area contributed by atoms with Crippen molar-refractivity contribution in [1.82, 2.24) is 0 Å². The first-order chi connectivity index (χ1) is 8.61. The van der Waals surface area contributed by atoms with E-state index in [1.807, 2.05) is 6.92 Å². The lowest BCUT2D eigenvalue weighted by molar-refractivity contribution is -0.121. The van der Waals surface area contributed by atoms with E-state index in [0.29, 0.717) is 16.8 Å². The average molecular weight is 316 g/mol. The highest BCUT2D eigenvalue weighted by molar-refractivity contribution is 9.10. The van der Waals surface area contributed by atoms with Gasteiger partial charge in [-0.3, -0.25) is 4.79 Å². The van der Waals surface area contributed by atoms with Crippen LogP contribution in [0.15, 0.2) is 22.7 Å². The molecule has 2 unspecified atom stereocenters. The Morgan fingerprint density at radius 2 is 2.39 bits per heavy atom. The summed E-state index contributed by atoms with van der Waals surface area (Å²) in [6, 6.07) is 4.43. The van der Waals surface area contributed by atoms with Crippen LogP contribution in [0.4, 0.5) is 10.1 Å². The highest BCUT2D eigenvalue weighted by Crippen LogP contribution is 2.26. The molecule has 2 atom stereocenters. The second kappa shape index (κ2) is 5.80. The molecule has 1 aromatic rings. The fourth-order valence-corrected chi connectivity index (χ4v) is 2.54. The molecule has 98 valence electrons. The van der Waals surface area contributed by atoms with E-state index in [9.17, 15) is 9.18 Å². The van der Waals surface area contributed by atoms with Crippen LogP contribution in [0.25, 0.3) is 0 Å². The van der Waals surface area contributed by atoms with Crippen molar-refractivity contribution >= 4 is 27.5 Å². The maximum absolute atomic E-state index is 13.1. The minimum absolute atomic E-state index is 0.00566. The number of nitrogens with one attached hydrogen (secondary N) is 1. The zero-order valence-corrected chi connectivity index (χ0v) is 11.7. The van der Waals surface area contributed by atoms with E-state index in [1.165, 1.54) is 6.07 Å². The third kappa shape index (κ3) is 2.90. The number of carbonyl (C=O) groups is 1. The molecule has 1 amide bonds. The van der Waals surface area contributed by atoms with Crippen molar-refractivity contribution in [2.45, 2.75) is 25.9 Å². The topological polar surface area (TPSA) is 38.3 Å². The van der Waals surface area contributed by atoms with Gasteiger partial charge in [0.1, 0.15) is 5.82 Å². The second-order valence-corrected chi connectivity index (χ2v) is 5.19. The molecular formula is C13H15BrFNO2. The van der Waals surface area contributed by atoms with Gasteiger partial charge >= 0.3 is 0 Å². The normalized spacial score (nSPS) is 23.1. The lowest BCUT2D eigenvalue weighted by Gasteiger charge is -2.16. The molecule has 0 spiro atoms. The summed E-state index contributed by atoms with van der Waals surface area (Å²) in [6.07, 6.45) is 1.56. The van der Waals surface area contributed by atoms with Gasteiger partial charge < -0.3 is 10.1 Å². The molecule has 1 heterocycles. The number of carbonyl (C=O) groups excluding carboxylic acids is 1. The number of rotatable bonds is 3. The standard InChI is InChI=1S/C13H15BrFNO2/c1-2-12-9(5-6-18-12)13(17)16-8-3-4-11(15)10(14)7-8/h3-4,7,9,12H,2,5-6H2,1H3,(H,16,17). The molecule has 1 fully saturated rings. The van der Waals surface area contributed by atoms with E-state index in [-0.39, 0.29) is 23.7 Å². The molecular weight excluding hydrogens is 301 g/mol. The van der Waals surface area contributed by atoms with Crippen molar-refractivity contribution in [3.63, 3.8) is 0 Å². The predicted molar refractivity (Wildman–Crippen MR) is 70.9 cm³/mol. The van der Waals surface area contributed by atoms with Crippen molar-refractivity contribution in [2.24, 2.45) is 5.92 Å². The lowest BCUT2D eigenvalue weighted by Crippen LogP contribution is -2.29. The summed E-state index contributed by atoms with van der Waals surface area (Å²) in [5, 5.41) is 2.80. The van der Waals surface area contributed by atoms with Gasteiger partial charge in [-0.1, -0.05) is 6.92 Å². The highest BCUT2D eigenvalue weighted by atomic mass is 79.9. The molecule has 0 radical (unpaired) electrons. The van der Waals surface area contributed by atoms with E-state index < -0.39 is 0 Å². The van der Waals surface area contributed by atoms with Gasteiger partial charge in [0.15, 0.2) is 0 Å². The van der Waals surface area contributed by atoms with Crippen LogP contribution in [-0.4, -0.2) is 18.6 Å². The maximum Gasteiger partial charge on any atom is 0.230 e. The van der Waals surface area contributed by atoms with Gasteiger partial charge in [-0.15, -0.1) is 0 Å². The molecule has 3 nitrogen and oxygen atoms in total. The number of amides is 1. The predicted octanol–water partition coefficient (Wildman–Crippen LogP) is 3.34. The van der Waals surface area contributed by atoms with Crippen LogP contribution >= 0.6 is 15.9 Å². The molecule has 18 heavy (non-hydrogen) atoms. The Balaban J connectivity index is 2.04. The molecule has 2 rings (SSSR count). The summed E-state index contributed by atoms with van der Waals surface area (Å²) in [6.45, 7) is 2.63. The lowest BCUT2D eigenvalue weighted by atomic mass is 9.98. The van der Waals surface area contributed by atoms with Crippen LogP contribution in [0, 0.1) is 11.7 Å². The molecule has 1 aliphatic rings. The minimum atomic E-state index is -0.344. The first-order valence-electron chi connectivity index (χ1n) is 5.99. The number of anilines is 1. The highest BCUT2D eigenvalue weighted by Gasteiger charge is 2.32. The third-order valence-corrected chi connectivity index (χ3v) is 3.74. The third-order valence-electron chi connectivity index (χ3n) is 3.14. The fraction of sp³-hybridized carbons (Fsp3) is 0.462. The summed E-state index contributed by atoms with van der Waals surface area (Å²) in [5.74, 6) is -0.514. The monoisotopic (exact) mass is 315 g/mol. The summed E-state index contributed by atoms with van der Waals surface area (Å²) >= 11 is 3.09. The number of hydrogen-bond donors (Lipinski definition) is 1. The Kier molecular flexibility index (Phi) is 4.35. The molecule has 1 aromatic carbocycles. The van der Waals surface area contributed by atoms with Gasteiger partial charge in [-0.2, -0.15) is 0 Å². The van der Waals surface area contributed by atoms with Crippen molar-refractivity contribution in [2.75, 3.05) is 11.9 Å². The van der Waals surface area contributed by atoms with E-state index in [2.05, 4.69) is 21.2 Å². The number of ether oxygens (including phenoxy) is 1. The van der Waals surface area contributed by atoms with Crippen molar-refractivity contribution < 1.29 is 13.9 Å². The Morgan fingerprint density at radius 3 is 3.06 bits per heavy atom. The summed E-state index contributed by atoms with van der Waals surface area (Å²) in [7, 11) is 0. The Hall–Kier alpha value is -0.940. The van der Waals surface area contributed by atoms with E-state index in [0.717, 1.165) is 12.8 Å². The van der Waals surface area contributed by atoms with E-state index >= 15 is 0 Å². The fourth-order valence-electron chi connectivity index (χ4n) is 2.16. The average Bonchev–Trinajstić information content (AvgIpc) is 2.82. The summed E-state index contributed by atoms with van der Waals surface area (Å²) in [4.78, 5) is 12.1. The Bertz CT molecular complexity index is 453. The molecule has 0 aromatic heterocycles. The van der Waals surface area contributed by atoms with Gasteiger partial charge in [0, 0.05) is 12.3 Å². The smallest absolute Gasteiger partial charge is 0.230 e. The number of benzene rings is 1. The number of halogens is 2. The van der Waals surface area contributed by atoms with Gasteiger partial charge in [0.25, 0.3) is 0 Å². The van der Waals surface area contributed by atoms with Gasteiger partial charge in [0.05, 0.1) is 16.5 Å². The second-order valence-electron chi connectivity index (χ2n) is 4.33. The largest absolute Gasteiger partial charge is 0.377 e. The van der Waals surface area contributed by atoms with Crippen LogP contribution in [0.1, 0.15) is 19.8 Å². The maximum atomic E-state index is 13.1. The zero-order chi connectivity index (χ0) is 13.1. The molecule has 0 aliphatic carbocycles. The van der Waals surface area contributed by atoms with Crippen LogP contribution < -0.4 is 5.32 Å². The van der Waals surface area contributed by atoms with Gasteiger partial charge in [-0.25, -0.2) is 4.39 Å². The Labute approximate surface area is 114 Å². The first kappa shape index (κ1) is 13.5. The molecule has 0 saturated carbocycles. The van der Waals surface area contributed by atoms with E-state index in [4.69, 9.17) is 4.74 Å². The van der Waals surface area contributed by atoms with Crippen LogP contribution in [0.2, 0.25) is 0 Å². The summed E-state index contributed by atoms with van der Waals surface area (Å²) in [5.41, 5.74) is 0.593. The van der Waals surface area contributed by atoms with E-state index in [1.54, 1.807) is 12.1 Å². The SMILES string of the molecule is CCC1OCCC1C(=O)Nc1ccc(F)c(Br)c1. The van der Waals surface area contributed by atoms with Crippen LogP contribution in [-0.2, 0) is 9.53 Å². The number of hydrogen-bond acceptors (Lipinski definition) is 2. The molecule has 0 bridgehead atoms. The molecule has 1 aliphatic heterocycles. The Morgan fingerprint density at radius 1 is 1.61 bits per heavy atom. The zero-order valence-electron chi connectivity index (χ0n) is 10.1. The quantitative estimate of drug-likeness (QED) is 0.929. The summed E-state index contributed by atoms with van der Waals surface area (Å²) < 4.78 is 18.9. The van der Waals surface area contributed by atoms with Gasteiger partial charge in [0.2, 0.25) is 5.91 Å². The molecule has 1 N–H and O–H groups in total. The molecule has 1 saturated heterocycles. The first-order valence-corrected chi connectivity index (χ1v) is 6.78. The van der Waals surface area contributed by atoms with Crippen molar-refractivity contribution in [1.29, 1.82) is 0 Å². The molecule has 5 heteroatoms. The minimum Gasteiger partial charge on any atom is -0.377 e. The van der Waals surface area contributed by atoms with Crippen molar-refractivity contribution in [3.05, 3.63) is 28.5 Å².